The van der Waals surface area contributed by atoms with Crippen LogP contribution in [0, 0.1) is 0 Å². The molecule has 0 spiro atoms. The van der Waals surface area contributed by atoms with E-state index in [9.17, 15) is 9.59 Å². The second kappa shape index (κ2) is 9.57. The molecular weight excluding hydrogens is 320 g/mol. The van der Waals surface area contributed by atoms with E-state index in [4.69, 9.17) is 0 Å². The minimum atomic E-state index is -0.247. The summed E-state index contributed by atoms with van der Waals surface area (Å²) in [5.41, 5.74) is 1.66. The van der Waals surface area contributed by atoms with E-state index in [1.807, 2.05) is 60.7 Å². The fourth-order valence-corrected chi connectivity index (χ4v) is 2.81. The topological polar surface area (TPSA) is 58.2 Å². The monoisotopic (exact) mass is 340 g/mol. The van der Waals surface area contributed by atoms with E-state index >= 15 is 0 Å². The molecule has 0 bridgehead atoms. The fraction of sp³-hybridized carbons (Fsp3) is 0.158. The molecule has 0 fully saturated rings. The Morgan fingerprint density at radius 1 is 1.00 bits per heavy atom. The van der Waals surface area contributed by atoms with Gasteiger partial charge in [-0.3, -0.25) is 9.59 Å². The van der Waals surface area contributed by atoms with Crippen molar-refractivity contribution in [3.05, 3.63) is 72.8 Å². The summed E-state index contributed by atoms with van der Waals surface area (Å²) in [6.45, 7) is 3.64. The number of nitrogens with one attached hydrogen (secondary N) is 2. The minimum Gasteiger partial charge on any atom is -0.347 e. The largest absolute Gasteiger partial charge is 0.347 e. The van der Waals surface area contributed by atoms with Crippen molar-refractivity contribution < 1.29 is 9.59 Å². The Labute approximate surface area is 146 Å². The van der Waals surface area contributed by atoms with Gasteiger partial charge in [0.15, 0.2) is 0 Å². The number of thioether (sulfide) groups is 1. The lowest BCUT2D eigenvalue weighted by Gasteiger charge is -2.10. The highest BCUT2D eigenvalue weighted by molar-refractivity contribution is 7.99. The Kier molecular flexibility index (Phi) is 7.11. The third-order valence-corrected chi connectivity index (χ3v) is 4.24. The first-order valence-corrected chi connectivity index (χ1v) is 8.61. The van der Waals surface area contributed by atoms with Gasteiger partial charge in [-0.1, -0.05) is 48.5 Å². The molecule has 0 aliphatic rings. The third-order valence-electron chi connectivity index (χ3n) is 3.17. The van der Waals surface area contributed by atoms with Crippen molar-refractivity contribution in [1.82, 2.24) is 5.32 Å². The maximum atomic E-state index is 12.0. The molecule has 24 heavy (non-hydrogen) atoms. The molecule has 0 aromatic heterocycles. The zero-order valence-corrected chi connectivity index (χ0v) is 14.1. The van der Waals surface area contributed by atoms with Gasteiger partial charge >= 0.3 is 0 Å². The lowest BCUT2D eigenvalue weighted by atomic mass is 10.1. The Morgan fingerprint density at radius 2 is 1.71 bits per heavy atom. The number of amides is 2. The molecule has 0 saturated heterocycles. The highest BCUT2D eigenvalue weighted by Crippen LogP contribution is 2.26. The van der Waals surface area contributed by atoms with E-state index in [0.29, 0.717) is 0 Å². The molecule has 2 aromatic rings. The number of benzene rings is 2. The molecule has 0 aliphatic heterocycles. The smallest absolute Gasteiger partial charge is 0.243 e. The second-order valence-corrected chi connectivity index (χ2v) is 6.14. The average Bonchev–Trinajstić information content (AvgIpc) is 2.60. The summed E-state index contributed by atoms with van der Waals surface area (Å²) in [5.74, 6) is 0.342. The summed E-state index contributed by atoms with van der Waals surface area (Å²) < 4.78 is 0. The standard InChI is InChI=1S/C19H20N2O2S/c1-2-12-24-17-11-7-6-10-16(17)21-19(23)14-20-18(22)13-15-8-4-3-5-9-15/h2-11H,1,12-14H2,(H,20,22)(H,21,23). The zero-order chi connectivity index (χ0) is 17.2. The SMILES string of the molecule is C=CCSc1ccccc1NC(=O)CNC(=O)Cc1ccccc1. The number of rotatable bonds is 8. The lowest BCUT2D eigenvalue weighted by Crippen LogP contribution is -2.33. The van der Waals surface area contributed by atoms with Gasteiger partial charge in [0.1, 0.15) is 0 Å². The number of hydrogen-bond donors (Lipinski definition) is 2. The molecule has 2 aromatic carbocycles. The maximum absolute atomic E-state index is 12.0. The Morgan fingerprint density at radius 3 is 2.46 bits per heavy atom. The van der Waals surface area contributed by atoms with Crippen LogP contribution in [0.25, 0.3) is 0 Å². The number of carbonyl (C=O) groups is 2. The molecule has 2 rings (SSSR count). The molecular formula is C19H20N2O2S. The highest BCUT2D eigenvalue weighted by Gasteiger charge is 2.09. The van der Waals surface area contributed by atoms with Crippen LogP contribution >= 0.6 is 11.8 Å². The zero-order valence-electron chi connectivity index (χ0n) is 13.3. The summed E-state index contributed by atoms with van der Waals surface area (Å²) in [4.78, 5) is 24.9. The number of hydrogen-bond acceptors (Lipinski definition) is 3. The van der Waals surface area contributed by atoms with Crippen LogP contribution in [-0.2, 0) is 16.0 Å². The number of anilines is 1. The van der Waals surface area contributed by atoms with Gasteiger partial charge in [-0.25, -0.2) is 0 Å². The summed E-state index contributed by atoms with van der Waals surface area (Å²) in [6, 6.07) is 17.0. The molecule has 0 radical (unpaired) electrons. The van der Waals surface area contributed by atoms with Gasteiger partial charge in [-0.15, -0.1) is 18.3 Å². The summed E-state index contributed by atoms with van der Waals surface area (Å²) in [5, 5.41) is 5.47. The van der Waals surface area contributed by atoms with E-state index in [1.54, 1.807) is 11.8 Å². The van der Waals surface area contributed by atoms with Crippen molar-refractivity contribution in [2.45, 2.75) is 11.3 Å². The average molecular weight is 340 g/mol. The van der Waals surface area contributed by atoms with Crippen LogP contribution in [0.1, 0.15) is 5.56 Å². The quantitative estimate of drug-likeness (QED) is 0.573. The van der Waals surface area contributed by atoms with Gasteiger partial charge in [-0.2, -0.15) is 0 Å². The van der Waals surface area contributed by atoms with E-state index in [2.05, 4.69) is 17.2 Å². The Balaban J connectivity index is 1.83. The van der Waals surface area contributed by atoms with Crippen molar-refractivity contribution in [1.29, 1.82) is 0 Å². The molecule has 2 amide bonds. The normalized spacial score (nSPS) is 10.0. The van der Waals surface area contributed by atoms with E-state index in [1.165, 1.54) is 0 Å². The fourth-order valence-electron chi connectivity index (χ4n) is 2.06. The number of para-hydroxylation sites is 1. The van der Waals surface area contributed by atoms with Crippen LogP contribution < -0.4 is 10.6 Å². The van der Waals surface area contributed by atoms with Gasteiger partial charge in [0.25, 0.3) is 0 Å². The van der Waals surface area contributed by atoms with Crippen molar-refractivity contribution in [3.8, 4) is 0 Å². The minimum absolute atomic E-state index is 0.0495. The lowest BCUT2D eigenvalue weighted by molar-refractivity contribution is -0.123. The predicted molar refractivity (Wildman–Crippen MR) is 99.1 cm³/mol. The first-order chi connectivity index (χ1) is 11.7. The Bertz CT molecular complexity index is 702. The van der Waals surface area contributed by atoms with E-state index in [-0.39, 0.29) is 24.8 Å². The van der Waals surface area contributed by atoms with E-state index < -0.39 is 0 Å². The molecule has 5 heteroatoms. The molecule has 0 aliphatic carbocycles. The molecule has 0 heterocycles. The Hall–Kier alpha value is -2.53. The molecule has 4 nitrogen and oxygen atoms in total. The van der Waals surface area contributed by atoms with Gasteiger partial charge in [0.05, 0.1) is 18.7 Å². The van der Waals surface area contributed by atoms with Crippen LogP contribution in [0.5, 0.6) is 0 Å². The van der Waals surface area contributed by atoms with Crippen LogP contribution in [0.3, 0.4) is 0 Å². The first kappa shape index (κ1) is 17.8. The molecule has 0 unspecified atom stereocenters. The van der Waals surface area contributed by atoms with Crippen molar-refractivity contribution in [2.24, 2.45) is 0 Å². The van der Waals surface area contributed by atoms with Gasteiger partial charge in [0, 0.05) is 10.6 Å². The first-order valence-electron chi connectivity index (χ1n) is 7.62. The molecule has 124 valence electrons. The summed E-state index contributed by atoms with van der Waals surface area (Å²) >= 11 is 1.60. The molecule has 2 N–H and O–H groups in total. The van der Waals surface area contributed by atoms with Crippen LogP contribution in [0.2, 0.25) is 0 Å². The van der Waals surface area contributed by atoms with Crippen LogP contribution in [0.4, 0.5) is 5.69 Å². The highest BCUT2D eigenvalue weighted by atomic mass is 32.2. The van der Waals surface area contributed by atoms with Crippen LogP contribution in [0.15, 0.2) is 72.1 Å². The van der Waals surface area contributed by atoms with Crippen LogP contribution in [-0.4, -0.2) is 24.1 Å². The van der Waals surface area contributed by atoms with Gasteiger partial charge < -0.3 is 10.6 Å². The predicted octanol–water partition coefficient (Wildman–Crippen LogP) is 3.26. The second-order valence-electron chi connectivity index (χ2n) is 5.08. The number of carbonyl (C=O) groups excluding carboxylic acids is 2. The van der Waals surface area contributed by atoms with E-state index in [0.717, 1.165) is 21.9 Å². The third kappa shape index (κ3) is 5.93. The summed E-state index contributed by atoms with van der Waals surface area (Å²) in [6.07, 6.45) is 2.08. The summed E-state index contributed by atoms with van der Waals surface area (Å²) in [7, 11) is 0. The van der Waals surface area contributed by atoms with Gasteiger partial charge in [0.2, 0.25) is 11.8 Å². The van der Waals surface area contributed by atoms with Crippen molar-refractivity contribution in [3.63, 3.8) is 0 Å². The maximum Gasteiger partial charge on any atom is 0.243 e. The molecule has 0 atom stereocenters. The van der Waals surface area contributed by atoms with Gasteiger partial charge in [-0.05, 0) is 17.7 Å². The van der Waals surface area contributed by atoms with Crippen molar-refractivity contribution >= 4 is 29.3 Å². The molecule has 0 saturated carbocycles. The van der Waals surface area contributed by atoms with Crippen molar-refractivity contribution in [2.75, 3.05) is 17.6 Å².